The van der Waals surface area contributed by atoms with E-state index in [0.717, 1.165) is 13.3 Å². The Morgan fingerprint density at radius 3 is 2.50 bits per heavy atom. The maximum atomic E-state index is 9.00. The summed E-state index contributed by atoms with van der Waals surface area (Å²) >= 11 is 0. The van der Waals surface area contributed by atoms with Crippen molar-refractivity contribution in [3.05, 3.63) is 30.1 Å². The Morgan fingerprint density at radius 2 is 2.25 bits per heavy atom. The van der Waals surface area contributed by atoms with Gasteiger partial charge in [-0.2, -0.15) is 0 Å². The van der Waals surface area contributed by atoms with Crippen molar-refractivity contribution in [3.8, 4) is 0 Å². The summed E-state index contributed by atoms with van der Waals surface area (Å²) < 4.78 is 0. The number of pyridine rings is 1. The van der Waals surface area contributed by atoms with Gasteiger partial charge >= 0.3 is 0 Å². The molecule has 0 atom stereocenters. The third-order valence-corrected chi connectivity index (χ3v) is 1.13. The zero-order chi connectivity index (χ0) is 9.40. The zero-order valence-electron chi connectivity index (χ0n) is 7.32. The third kappa shape index (κ3) is 6.74. The van der Waals surface area contributed by atoms with E-state index in [2.05, 4.69) is 18.0 Å². The Hall–Kier alpha value is -1.38. The molecule has 1 aromatic rings. The van der Waals surface area contributed by atoms with E-state index in [-0.39, 0.29) is 0 Å². The lowest BCUT2D eigenvalue weighted by Gasteiger charge is -1.88. The van der Waals surface area contributed by atoms with E-state index >= 15 is 0 Å². The van der Waals surface area contributed by atoms with Gasteiger partial charge in [-0.3, -0.25) is 9.78 Å². The number of carbonyl (C=O) groups is 1. The van der Waals surface area contributed by atoms with Crippen LogP contribution in [-0.4, -0.2) is 16.1 Å². The van der Waals surface area contributed by atoms with Crippen molar-refractivity contribution in [1.82, 2.24) is 4.98 Å². The first kappa shape index (κ1) is 10.6. The van der Waals surface area contributed by atoms with Crippen molar-refractivity contribution >= 4 is 5.97 Å². The largest absolute Gasteiger partial charge is 0.481 e. The molecule has 12 heavy (non-hydrogen) atoms. The minimum atomic E-state index is -0.833. The highest BCUT2D eigenvalue weighted by atomic mass is 16.4. The number of hydrogen-bond acceptors (Lipinski definition) is 2. The fourth-order valence-electron chi connectivity index (χ4n) is 0.607. The van der Waals surface area contributed by atoms with Crippen LogP contribution in [0, 0.1) is 0 Å². The van der Waals surface area contributed by atoms with Gasteiger partial charge in [-0.25, -0.2) is 0 Å². The van der Waals surface area contributed by atoms with Gasteiger partial charge in [-0.05, 0) is 18.1 Å². The fourth-order valence-corrected chi connectivity index (χ4v) is 0.607. The molecule has 3 nitrogen and oxygen atoms in total. The molecular formula is C9H13NO2. The number of carboxylic acids is 1. The number of rotatable bonds is 1. The molecule has 0 amide bonds. The smallest absolute Gasteiger partial charge is 0.300 e. The summed E-state index contributed by atoms with van der Waals surface area (Å²) in [5.74, 6) is -0.833. The van der Waals surface area contributed by atoms with E-state index in [1.54, 1.807) is 6.20 Å². The second-order valence-electron chi connectivity index (χ2n) is 2.23. The molecule has 0 radical (unpaired) electrons. The second kappa shape index (κ2) is 6.34. The van der Waals surface area contributed by atoms with Gasteiger partial charge in [0.25, 0.3) is 5.97 Å². The molecule has 0 saturated heterocycles. The Labute approximate surface area is 72.1 Å². The number of hydrogen-bond donors (Lipinski definition) is 1. The molecule has 1 N–H and O–H groups in total. The molecule has 3 heteroatoms. The number of aliphatic carboxylic acids is 1. The minimum Gasteiger partial charge on any atom is -0.481 e. The SMILES string of the molecule is CC(=O)O.CCc1cccnc1. The molecule has 0 bridgehead atoms. The van der Waals surface area contributed by atoms with Crippen molar-refractivity contribution in [2.24, 2.45) is 0 Å². The molecule has 0 aliphatic rings. The Bertz CT molecular complexity index is 217. The highest BCUT2D eigenvalue weighted by molar-refractivity contribution is 5.62. The van der Waals surface area contributed by atoms with Crippen LogP contribution in [0.4, 0.5) is 0 Å². The van der Waals surface area contributed by atoms with Gasteiger partial charge in [0.05, 0.1) is 0 Å². The van der Waals surface area contributed by atoms with E-state index in [0.29, 0.717) is 0 Å². The third-order valence-electron chi connectivity index (χ3n) is 1.13. The van der Waals surface area contributed by atoms with Crippen LogP contribution in [0.15, 0.2) is 24.5 Å². The zero-order valence-corrected chi connectivity index (χ0v) is 7.32. The van der Waals surface area contributed by atoms with Crippen LogP contribution in [0.2, 0.25) is 0 Å². The molecule has 0 unspecified atom stereocenters. The summed E-state index contributed by atoms with van der Waals surface area (Å²) in [6, 6.07) is 4.03. The Morgan fingerprint density at radius 1 is 1.67 bits per heavy atom. The van der Waals surface area contributed by atoms with Crippen LogP contribution in [0.5, 0.6) is 0 Å². The van der Waals surface area contributed by atoms with Crippen LogP contribution in [0.25, 0.3) is 0 Å². The van der Waals surface area contributed by atoms with Crippen LogP contribution >= 0.6 is 0 Å². The van der Waals surface area contributed by atoms with Crippen LogP contribution in [-0.2, 0) is 11.2 Å². The number of carboxylic acid groups (broad SMARTS) is 1. The average molecular weight is 167 g/mol. The number of nitrogens with zero attached hydrogens (tertiary/aromatic N) is 1. The molecule has 0 aliphatic heterocycles. The lowest BCUT2D eigenvalue weighted by atomic mass is 10.2. The number of aryl methyl sites for hydroxylation is 1. The molecule has 0 spiro atoms. The van der Waals surface area contributed by atoms with Gasteiger partial charge in [0.1, 0.15) is 0 Å². The van der Waals surface area contributed by atoms with Crippen molar-refractivity contribution in [1.29, 1.82) is 0 Å². The highest BCUT2D eigenvalue weighted by Crippen LogP contribution is 1.93. The average Bonchev–Trinajstić information content (AvgIpc) is 2.05. The lowest BCUT2D eigenvalue weighted by Crippen LogP contribution is -1.78. The minimum absolute atomic E-state index is 0.833. The maximum absolute atomic E-state index is 9.00. The van der Waals surface area contributed by atoms with Crippen molar-refractivity contribution in [3.63, 3.8) is 0 Å². The van der Waals surface area contributed by atoms with Gasteiger partial charge in [-0.1, -0.05) is 13.0 Å². The first-order valence-corrected chi connectivity index (χ1v) is 3.75. The van der Waals surface area contributed by atoms with Crippen LogP contribution in [0.1, 0.15) is 19.4 Å². The van der Waals surface area contributed by atoms with E-state index in [9.17, 15) is 0 Å². The normalized spacial score (nSPS) is 8.17. The molecular weight excluding hydrogens is 154 g/mol. The van der Waals surface area contributed by atoms with Gasteiger partial charge in [-0.15, -0.1) is 0 Å². The predicted octanol–water partition coefficient (Wildman–Crippen LogP) is 1.73. The van der Waals surface area contributed by atoms with Crippen LogP contribution in [0.3, 0.4) is 0 Å². The maximum Gasteiger partial charge on any atom is 0.300 e. The molecule has 0 fully saturated rings. The molecule has 1 rings (SSSR count). The highest BCUT2D eigenvalue weighted by Gasteiger charge is 1.81. The molecule has 1 aromatic heterocycles. The van der Waals surface area contributed by atoms with Gasteiger partial charge < -0.3 is 5.11 Å². The first-order valence-electron chi connectivity index (χ1n) is 3.75. The molecule has 66 valence electrons. The van der Waals surface area contributed by atoms with Crippen LogP contribution < -0.4 is 0 Å². The summed E-state index contributed by atoms with van der Waals surface area (Å²) in [4.78, 5) is 13.0. The van der Waals surface area contributed by atoms with Crippen molar-refractivity contribution in [2.45, 2.75) is 20.3 Å². The number of aromatic nitrogens is 1. The molecule has 0 aromatic carbocycles. The molecule has 0 aliphatic carbocycles. The molecule has 0 saturated carbocycles. The van der Waals surface area contributed by atoms with Gasteiger partial charge in [0.2, 0.25) is 0 Å². The summed E-state index contributed by atoms with van der Waals surface area (Å²) in [6.07, 6.45) is 4.76. The summed E-state index contributed by atoms with van der Waals surface area (Å²) in [7, 11) is 0. The first-order chi connectivity index (χ1) is 5.66. The Balaban J connectivity index is 0.000000261. The Kier molecular flexibility index (Phi) is 5.61. The van der Waals surface area contributed by atoms with E-state index in [4.69, 9.17) is 9.90 Å². The topological polar surface area (TPSA) is 50.2 Å². The standard InChI is InChI=1S/C7H9N.C2H4O2/c1-2-7-4-3-5-8-6-7;1-2(3)4/h3-6H,2H2,1H3;1H3,(H,3,4). The van der Waals surface area contributed by atoms with Crippen molar-refractivity contribution < 1.29 is 9.90 Å². The van der Waals surface area contributed by atoms with Gasteiger partial charge in [0, 0.05) is 19.3 Å². The quantitative estimate of drug-likeness (QED) is 0.693. The predicted molar refractivity (Wildman–Crippen MR) is 46.9 cm³/mol. The molecule has 1 heterocycles. The second-order valence-corrected chi connectivity index (χ2v) is 2.23. The summed E-state index contributed by atoms with van der Waals surface area (Å²) in [5, 5.41) is 7.42. The summed E-state index contributed by atoms with van der Waals surface area (Å²) in [5.41, 5.74) is 1.30. The van der Waals surface area contributed by atoms with Crippen molar-refractivity contribution in [2.75, 3.05) is 0 Å². The van der Waals surface area contributed by atoms with E-state index in [1.807, 2.05) is 12.3 Å². The van der Waals surface area contributed by atoms with E-state index < -0.39 is 5.97 Å². The van der Waals surface area contributed by atoms with Gasteiger partial charge in [0.15, 0.2) is 0 Å². The summed E-state index contributed by atoms with van der Waals surface area (Å²) in [6.45, 7) is 3.21. The lowest BCUT2D eigenvalue weighted by molar-refractivity contribution is -0.134. The fraction of sp³-hybridized carbons (Fsp3) is 0.333. The monoisotopic (exact) mass is 167 g/mol. The van der Waals surface area contributed by atoms with E-state index in [1.165, 1.54) is 5.56 Å².